The molecule has 10 heteroatoms. The van der Waals surface area contributed by atoms with E-state index < -0.39 is 11.7 Å². The van der Waals surface area contributed by atoms with Crippen molar-refractivity contribution in [2.24, 2.45) is 5.92 Å². The SMILES string of the molecule is CC(C)(C)OC(=O)Nc1ccc2oc(C(=O)N3CCc4c3ccc3[nH]c(C(=O)N5CC6CC67C5=CC(=O)c5ccccc57)cc43)cc2c1. The number of anilines is 2. The molecule has 2 aromatic heterocycles. The van der Waals surface area contributed by atoms with Crippen LogP contribution in [-0.4, -0.2) is 52.3 Å². The number of carbonyl (C=O) groups is 4. The second kappa shape index (κ2) is 9.70. The van der Waals surface area contributed by atoms with Crippen LogP contribution in [0.4, 0.5) is 16.2 Å². The molecule has 2 atom stereocenters. The van der Waals surface area contributed by atoms with Gasteiger partial charge in [0, 0.05) is 63.5 Å². The van der Waals surface area contributed by atoms with E-state index in [4.69, 9.17) is 9.15 Å². The quantitative estimate of drug-likeness (QED) is 0.220. The van der Waals surface area contributed by atoms with Crippen molar-refractivity contribution in [2.75, 3.05) is 23.3 Å². The number of amides is 3. The first kappa shape index (κ1) is 28.6. The topological polar surface area (TPSA) is 125 Å². The smallest absolute Gasteiger partial charge is 0.412 e. The predicted molar refractivity (Wildman–Crippen MR) is 179 cm³/mol. The molecule has 3 aromatic carbocycles. The van der Waals surface area contributed by atoms with Crippen molar-refractivity contribution in [1.29, 1.82) is 0 Å². The molecule has 1 saturated heterocycles. The van der Waals surface area contributed by atoms with Gasteiger partial charge < -0.3 is 23.9 Å². The number of hydrogen-bond donors (Lipinski definition) is 2. The number of nitrogens with one attached hydrogen (secondary N) is 2. The van der Waals surface area contributed by atoms with Gasteiger partial charge in [-0.25, -0.2) is 4.79 Å². The molecule has 2 aliphatic carbocycles. The normalized spacial score (nSPS) is 20.7. The Bertz CT molecular complexity index is 2300. The van der Waals surface area contributed by atoms with Gasteiger partial charge in [0.2, 0.25) is 0 Å². The number of benzene rings is 3. The highest BCUT2D eigenvalue weighted by molar-refractivity contribution is 6.11. The van der Waals surface area contributed by atoms with E-state index in [2.05, 4.69) is 10.3 Å². The molecule has 2 fully saturated rings. The van der Waals surface area contributed by atoms with E-state index in [1.165, 1.54) is 0 Å². The molecule has 240 valence electrons. The van der Waals surface area contributed by atoms with E-state index in [1.54, 1.807) is 60.9 Å². The number of piperidine rings is 1. The molecule has 5 aromatic rings. The van der Waals surface area contributed by atoms with Crippen molar-refractivity contribution in [3.05, 3.63) is 107 Å². The Hall–Kier alpha value is -5.64. The molecule has 48 heavy (non-hydrogen) atoms. The summed E-state index contributed by atoms with van der Waals surface area (Å²) in [6.45, 7) is 6.43. The molecule has 9 rings (SSSR count). The average molecular weight is 641 g/mol. The Morgan fingerprint density at radius 2 is 1.83 bits per heavy atom. The molecule has 4 aliphatic rings. The third-order valence-corrected chi connectivity index (χ3v) is 10.1. The van der Waals surface area contributed by atoms with Crippen LogP contribution in [0, 0.1) is 5.92 Å². The number of ketones is 1. The third-order valence-electron chi connectivity index (χ3n) is 10.1. The lowest BCUT2D eigenvalue weighted by Gasteiger charge is -2.29. The molecule has 4 heterocycles. The minimum atomic E-state index is -0.627. The summed E-state index contributed by atoms with van der Waals surface area (Å²) in [4.78, 5) is 59.8. The molecule has 0 radical (unpaired) electrons. The van der Waals surface area contributed by atoms with Gasteiger partial charge in [-0.15, -0.1) is 0 Å². The lowest BCUT2D eigenvalue weighted by Crippen LogP contribution is -2.33. The monoisotopic (exact) mass is 640 g/mol. The summed E-state index contributed by atoms with van der Waals surface area (Å²) < 4.78 is 11.3. The number of fused-ring (bicyclic) bond motifs is 5. The summed E-state index contributed by atoms with van der Waals surface area (Å²) in [5.41, 5.74) is 5.79. The Morgan fingerprint density at radius 3 is 2.67 bits per heavy atom. The van der Waals surface area contributed by atoms with Gasteiger partial charge in [0.25, 0.3) is 11.8 Å². The number of likely N-dealkylation sites (tertiary alicyclic amines) is 1. The number of allylic oxidation sites excluding steroid dienone is 2. The average Bonchev–Trinajstić information content (AvgIpc) is 3.51. The summed E-state index contributed by atoms with van der Waals surface area (Å²) >= 11 is 0. The molecular weight excluding hydrogens is 608 g/mol. The highest BCUT2D eigenvalue weighted by Crippen LogP contribution is 2.66. The van der Waals surface area contributed by atoms with Crippen LogP contribution in [-0.2, 0) is 16.6 Å². The lowest BCUT2D eigenvalue weighted by atomic mass is 9.81. The van der Waals surface area contributed by atoms with Crippen LogP contribution in [0.2, 0.25) is 0 Å². The maximum Gasteiger partial charge on any atom is 0.412 e. The standard InChI is InChI=1S/C38H32N4O6/c1-37(2,3)48-36(46)39-22-8-11-31-20(14-22)15-32(47-31)35(45)41-13-12-23-25-16-28(40-27(25)9-10-29(23)41)34(44)42-19-21-18-38(21)26-7-5-4-6-24(26)30(43)17-33(38)42/h4-11,14-17,21,40H,12-13,18-19H2,1-3H3,(H,39,46). The molecule has 1 spiro atoms. The summed E-state index contributed by atoms with van der Waals surface area (Å²) in [7, 11) is 0. The number of ether oxygens (including phenoxy) is 1. The lowest BCUT2D eigenvalue weighted by molar-refractivity contribution is 0.0635. The summed E-state index contributed by atoms with van der Waals surface area (Å²) in [5, 5.41) is 4.29. The molecule has 2 N–H and O–H groups in total. The van der Waals surface area contributed by atoms with Crippen LogP contribution in [0.25, 0.3) is 21.9 Å². The number of nitrogens with zero attached hydrogens (tertiary/aromatic N) is 2. The Morgan fingerprint density at radius 1 is 1.00 bits per heavy atom. The van der Waals surface area contributed by atoms with Gasteiger partial charge in [-0.05, 0) is 93.1 Å². The van der Waals surface area contributed by atoms with E-state index in [-0.39, 0.29) is 28.8 Å². The van der Waals surface area contributed by atoms with Crippen LogP contribution in [0.3, 0.4) is 0 Å². The second-order valence-corrected chi connectivity index (χ2v) is 14.1. The summed E-state index contributed by atoms with van der Waals surface area (Å²) in [6, 6.07) is 20.3. The highest BCUT2D eigenvalue weighted by atomic mass is 16.6. The third kappa shape index (κ3) is 4.18. The van der Waals surface area contributed by atoms with E-state index in [0.29, 0.717) is 47.8 Å². The number of aromatic nitrogens is 1. The number of furan rings is 1. The Balaban J connectivity index is 0.970. The van der Waals surface area contributed by atoms with Crippen LogP contribution < -0.4 is 10.2 Å². The maximum absolute atomic E-state index is 14.0. The van der Waals surface area contributed by atoms with Crippen molar-refractivity contribution in [3.63, 3.8) is 0 Å². The Labute approximate surface area is 275 Å². The van der Waals surface area contributed by atoms with Crippen molar-refractivity contribution < 1.29 is 28.3 Å². The number of carbonyl (C=O) groups excluding carboxylic acids is 4. The zero-order valence-corrected chi connectivity index (χ0v) is 26.7. The first-order valence-corrected chi connectivity index (χ1v) is 16.2. The molecule has 2 unspecified atom stereocenters. The van der Waals surface area contributed by atoms with Gasteiger partial charge in [0.05, 0.1) is 0 Å². The van der Waals surface area contributed by atoms with Crippen LogP contribution in [0.1, 0.15) is 69.7 Å². The zero-order valence-electron chi connectivity index (χ0n) is 26.7. The molecule has 1 saturated carbocycles. The van der Waals surface area contributed by atoms with E-state index in [9.17, 15) is 19.2 Å². The number of rotatable bonds is 3. The predicted octanol–water partition coefficient (Wildman–Crippen LogP) is 6.96. The largest absolute Gasteiger partial charge is 0.451 e. The fourth-order valence-electron chi connectivity index (χ4n) is 7.94. The second-order valence-electron chi connectivity index (χ2n) is 14.1. The fraction of sp³-hybridized carbons (Fsp3) is 0.263. The Kier molecular flexibility index (Phi) is 5.77. The van der Waals surface area contributed by atoms with Crippen LogP contribution in [0.5, 0.6) is 0 Å². The maximum atomic E-state index is 14.0. The number of hydrogen-bond acceptors (Lipinski definition) is 6. The van der Waals surface area contributed by atoms with Gasteiger partial charge in [0.15, 0.2) is 11.5 Å². The van der Waals surface area contributed by atoms with E-state index in [1.807, 2.05) is 42.5 Å². The molecular formula is C38H32N4O6. The highest BCUT2D eigenvalue weighted by Gasteiger charge is 2.67. The fourth-order valence-corrected chi connectivity index (χ4v) is 7.94. The molecule has 0 bridgehead atoms. The van der Waals surface area contributed by atoms with Crippen LogP contribution >= 0.6 is 0 Å². The van der Waals surface area contributed by atoms with Gasteiger partial charge in [-0.3, -0.25) is 19.7 Å². The van der Waals surface area contributed by atoms with Crippen molar-refractivity contribution >= 4 is 56.9 Å². The minimum Gasteiger partial charge on any atom is -0.451 e. The van der Waals surface area contributed by atoms with Gasteiger partial charge in [-0.2, -0.15) is 0 Å². The number of H-pyrrole nitrogens is 1. The van der Waals surface area contributed by atoms with Crippen molar-refractivity contribution in [3.8, 4) is 0 Å². The van der Waals surface area contributed by atoms with Gasteiger partial charge in [0.1, 0.15) is 16.9 Å². The molecule has 3 amide bonds. The van der Waals surface area contributed by atoms with Gasteiger partial charge >= 0.3 is 6.09 Å². The van der Waals surface area contributed by atoms with E-state index in [0.717, 1.165) is 45.4 Å². The summed E-state index contributed by atoms with van der Waals surface area (Å²) in [5.74, 6) is 0.0161. The van der Waals surface area contributed by atoms with Gasteiger partial charge in [-0.1, -0.05) is 24.3 Å². The first-order chi connectivity index (χ1) is 23.0. The van der Waals surface area contributed by atoms with Crippen molar-refractivity contribution in [2.45, 2.75) is 44.6 Å². The zero-order chi connectivity index (χ0) is 33.1. The summed E-state index contributed by atoms with van der Waals surface area (Å²) in [6.07, 6.45) is 2.67. The van der Waals surface area contributed by atoms with E-state index >= 15 is 0 Å². The molecule has 10 nitrogen and oxygen atoms in total. The molecule has 2 aliphatic heterocycles. The van der Waals surface area contributed by atoms with Crippen LogP contribution in [0.15, 0.2) is 82.9 Å². The van der Waals surface area contributed by atoms with Crippen molar-refractivity contribution in [1.82, 2.24) is 9.88 Å². The minimum absolute atomic E-state index is 0.0573. The number of aromatic amines is 1. The first-order valence-electron chi connectivity index (χ1n) is 16.2.